The van der Waals surface area contributed by atoms with Gasteiger partial charge in [-0.2, -0.15) is 0 Å². The van der Waals surface area contributed by atoms with Crippen molar-refractivity contribution in [3.8, 4) is 5.69 Å². The maximum atomic E-state index is 13.2. The second-order valence-corrected chi connectivity index (χ2v) is 9.93. The Balaban J connectivity index is 1.61. The number of hydrogen-bond donors (Lipinski definition) is 1. The zero-order valence-electron chi connectivity index (χ0n) is 16.6. The summed E-state index contributed by atoms with van der Waals surface area (Å²) in [5.74, 6) is 0.904. The number of halogens is 1. The molecular weight excluding hydrogens is 482 g/mol. The van der Waals surface area contributed by atoms with Gasteiger partial charge in [-0.15, -0.1) is 11.8 Å². The average Bonchev–Trinajstić information content (AvgIpc) is 3.20. The number of carbonyl (C=O) groups is 1. The van der Waals surface area contributed by atoms with Crippen molar-refractivity contribution in [2.75, 3.05) is 16.8 Å². The molecule has 1 amide bonds. The molecule has 1 aromatic heterocycles. The van der Waals surface area contributed by atoms with Crippen LogP contribution in [0.4, 0.5) is 5.69 Å². The Morgan fingerprint density at radius 3 is 2.77 bits per heavy atom. The molecule has 2 aromatic carbocycles. The Morgan fingerprint density at radius 1 is 1.23 bits per heavy atom. The first kappa shape index (κ1) is 21.2. The van der Waals surface area contributed by atoms with Crippen molar-refractivity contribution in [1.82, 2.24) is 9.55 Å². The number of benzene rings is 2. The van der Waals surface area contributed by atoms with Gasteiger partial charge < -0.3 is 5.32 Å². The lowest BCUT2D eigenvalue weighted by molar-refractivity contribution is -0.113. The Morgan fingerprint density at radius 2 is 2.00 bits per heavy atom. The number of hydrogen-bond acceptors (Lipinski definition) is 5. The van der Waals surface area contributed by atoms with E-state index in [0.29, 0.717) is 10.1 Å². The number of nitrogens with zero attached hydrogens (tertiary/aromatic N) is 2. The molecule has 0 bridgehead atoms. The van der Waals surface area contributed by atoms with Crippen LogP contribution >= 0.6 is 39.5 Å². The van der Waals surface area contributed by atoms with E-state index in [1.165, 1.54) is 11.8 Å². The zero-order chi connectivity index (χ0) is 21.3. The molecule has 0 fully saturated rings. The van der Waals surface area contributed by atoms with Gasteiger partial charge >= 0.3 is 0 Å². The van der Waals surface area contributed by atoms with Crippen molar-refractivity contribution in [1.29, 1.82) is 0 Å². The van der Waals surface area contributed by atoms with Crippen LogP contribution in [0.15, 0.2) is 61.8 Å². The number of carbonyl (C=O) groups excluding carboxylic acids is 1. The lowest BCUT2D eigenvalue weighted by Gasteiger charge is -2.14. The lowest BCUT2D eigenvalue weighted by atomic mass is 10.1. The van der Waals surface area contributed by atoms with Crippen LogP contribution in [0.2, 0.25) is 0 Å². The normalized spacial score (nSPS) is 12.6. The van der Waals surface area contributed by atoms with Crippen LogP contribution in [0, 0.1) is 13.8 Å². The summed E-state index contributed by atoms with van der Waals surface area (Å²) < 4.78 is 2.55. The predicted molar refractivity (Wildman–Crippen MR) is 127 cm³/mol. The summed E-state index contributed by atoms with van der Waals surface area (Å²) in [6.07, 6.45) is 0.776. The highest BCUT2D eigenvalue weighted by atomic mass is 79.9. The van der Waals surface area contributed by atoms with Crippen LogP contribution in [0.1, 0.15) is 16.8 Å². The van der Waals surface area contributed by atoms with E-state index < -0.39 is 0 Å². The molecule has 0 atom stereocenters. The first-order valence-electron chi connectivity index (χ1n) is 9.47. The molecule has 0 spiro atoms. The van der Waals surface area contributed by atoms with Gasteiger partial charge in [0.15, 0.2) is 5.16 Å². The zero-order valence-corrected chi connectivity index (χ0v) is 19.8. The molecule has 0 radical (unpaired) electrons. The fourth-order valence-corrected chi connectivity index (χ4v) is 5.33. The highest BCUT2D eigenvalue weighted by molar-refractivity contribution is 9.10. The van der Waals surface area contributed by atoms with E-state index in [4.69, 9.17) is 4.98 Å². The number of rotatable bonds is 5. The molecule has 4 rings (SSSR count). The lowest BCUT2D eigenvalue weighted by Crippen LogP contribution is -2.24. The predicted octanol–water partition coefficient (Wildman–Crippen LogP) is 4.99. The van der Waals surface area contributed by atoms with Crippen LogP contribution in [-0.2, 0) is 11.2 Å². The number of thioether (sulfide) groups is 2. The Labute approximate surface area is 191 Å². The minimum Gasteiger partial charge on any atom is -0.325 e. The molecule has 0 saturated carbocycles. The van der Waals surface area contributed by atoms with Gasteiger partial charge in [0.2, 0.25) is 5.91 Å². The number of fused-ring (bicyclic) bond motifs is 1. The molecule has 3 aromatic rings. The smallest absolute Gasteiger partial charge is 0.272 e. The average molecular weight is 502 g/mol. The van der Waals surface area contributed by atoms with Crippen LogP contribution in [0.3, 0.4) is 0 Å². The first-order valence-corrected chi connectivity index (χ1v) is 12.2. The maximum absolute atomic E-state index is 13.2. The first-order chi connectivity index (χ1) is 14.4. The molecule has 2 heterocycles. The van der Waals surface area contributed by atoms with Crippen molar-refractivity contribution < 1.29 is 4.79 Å². The van der Waals surface area contributed by atoms with Gasteiger partial charge in [0.05, 0.1) is 22.0 Å². The van der Waals surface area contributed by atoms with Crippen LogP contribution in [-0.4, -0.2) is 27.0 Å². The molecule has 1 N–H and O–H groups in total. The Hall–Kier alpha value is -2.03. The van der Waals surface area contributed by atoms with Crippen LogP contribution in [0.5, 0.6) is 0 Å². The van der Waals surface area contributed by atoms with E-state index in [1.807, 2.05) is 56.3 Å². The molecule has 8 heteroatoms. The molecule has 0 saturated heterocycles. The summed E-state index contributed by atoms with van der Waals surface area (Å²) in [5, 5.41) is 3.51. The van der Waals surface area contributed by atoms with Gasteiger partial charge in [-0.1, -0.05) is 39.8 Å². The minimum absolute atomic E-state index is 0.0674. The van der Waals surface area contributed by atoms with Crippen molar-refractivity contribution in [2.24, 2.45) is 0 Å². The van der Waals surface area contributed by atoms with Crippen molar-refractivity contribution >= 4 is 51.0 Å². The fourth-order valence-electron chi connectivity index (χ4n) is 3.21. The van der Waals surface area contributed by atoms with Crippen molar-refractivity contribution in [3.05, 3.63) is 74.1 Å². The monoisotopic (exact) mass is 501 g/mol. The van der Waals surface area contributed by atoms with Gasteiger partial charge in [0, 0.05) is 22.3 Å². The second-order valence-electron chi connectivity index (χ2n) is 6.97. The van der Waals surface area contributed by atoms with Crippen molar-refractivity contribution in [3.63, 3.8) is 0 Å². The Kier molecular flexibility index (Phi) is 6.36. The van der Waals surface area contributed by atoms with Gasteiger partial charge in [0.1, 0.15) is 0 Å². The van der Waals surface area contributed by atoms with Crippen LogP contribution < -0.4 is 10.9 Å². The topological polar surface area (TPSA) is 64.0 Å². The summed E-state index contributed by atoms with van der Waals surface area (Å²) in [5.41, 5.74) is 4.49. The maximum Gasteiger partial charge on any atom is 0.272 e. The Bertz CT molecular complexity index is 1180. The van der Waals surface area contributed by atoms with E-state index in [1.54, 1.807) is 16.3 Å². The number of nitrogens with one attached hydrogen (secondary N) is 1. The number of anilines is 1. The van der Waals surface area contributed by atoms with Gasteiger partial charge in [0.25, 0.3) is 5.56 Å². The minimum atomic E-state index is -0.125. The molecule has 0 unspecified atom stereocenters. The largest absolute Gasteiger partial charge is 0.325 e. The molecule has 154 valence electrons. The van der Waals surface area contributed by atoms with Gasteiger partial charge in [-0.3, -0.25) is 14.2 Å². The standard InChI is InChI=1S/C22H20BrN3O2S2/c1-13-4-3-5-17(14(13)2)24-19(27)12-30-22-25-18-10-11-29-20(18)21(28)26(22)16-8-6-15(23)7-9-16/h3-9H,10-12H2,1-2H3,(H,24,27). The molecule has 30 heavy (non-hydrogen) atoms. The van der Waals surface area contributed by atoms with E-state index in [2.05, 4.69) is 21.2 Å². The number of aromatic nitrogens is 2. The summed E-state index contributed by atoms with van der Waals surface area (Å²) >= 11 is 6.26. The van der Waals surface area contributed by atoms with Gasteiger partial charge in [-0.25, -0.2) is 4.98 Å². The SMILES string of the molecule is Cc1cccc(NC(=O)CSc2nc3c(c(=O)n2-c2ccc(Br)cc2)SCC3)c1C. The third-order valence-electron chi connectivity index (χ3n) is 4.96. The highest BCUT2D eigenvalue weighted by Gasteiger charge is 2.23. The number of amides is 1. The molecule has 5 nitrogen and oxygen atoms in total. The summed E-state index contributed by atoms with van der Waals surface area (Å²) in [4.78, 5) is 31.2. The molecular formula is C22H20BrN3O2S2. The van der Waals surface area contributed by atoms with E-state index in [0.717, 1.165) is 44.8 Å². The van der Waals surface area contributed by atoms with Crippen molar-refractivity contribution in [2.45, 2.75) is 30.3 Å². The fraction of sp³-hybridized carbons (Fsp3) is 0.227. The third kappa shape index (κ3) is 4.36. The molecule has 0 aliphatic carbocycles. The van der Waals surface area contributed by atoms with E-state index in [9.17, 15) is 9.59 Å². The van der Waals surface area contributed by atoms with Gasteiger partial charge in [-0.05, 0) is 55.3 Å². The summed E-state index contributed by atoms with van der Waals surface area (Å²) in [6, 6.07) is 13.4. The van der Waals surface area contributed by atoms with E-state index in [-0.39, 0.29) is 17.2 Å². The third-order valence-corrected chi connectivity index (χ3v) is 7.54. The summed E-state index contributed by atoms with van der Waals surface area (Å²) in [7, 11) is 0. The molecule has 1 aliphatic rings. The summed E-state index contributed by atoms with van der Waals surface area (Å²) in [6.45, 7) is 4.01. The molecule has 1 aliphatic heterocycles. The number of aryl methyl sites for hydroxylation is 2. The quantitative estimate of drug-likeness (QED) is 0.394. The van der Waals surface area contributed by atoms with Crippen LogP contribution in [0.25, 0.3) is 5.69 Å². The van der Waals surface area contributed by atoms with E-state index >= 15 is 0 Å². The highest BCUT2D eigenvalue weighted by Crippen LogP contribution is 2.30. The second kappa shape index (κ2) is 8.99.